The van der Waals surface area contributed by atoms with E-state index in [0.717, 1.165) is 25.7 Å². The number of hydrogen-bond donors (Lipinski definition) is 3. The van der Waals surface area contributed by atoms with Gasteiger partial charge < -0.3 is 10.4 Å². The molecule has 0 saturated heterocycles. The van der Waals surface area contributed by atoms with Crippen molar-refractivity contribution in [2.24, 2.45) is 10.6 Å². The number of anilines is 1. The molecule has 158 valence electrons. The fourth-order valence-corrected chi connectivity index (χ4v) is 3.99. The van der Waals surface area contributed by atoms with Gasteiger partial charge in [-0.1, -0.05) is 67.6 Å². The van der Waals surface area contributed by atoms with Crippen molar-refractivity contribution < 1.29 is 18.3 Å². The highest BCUT2D eigenvalue weighted by Gasteiger charge is 2.34. The predicted octanol–water partition coefficient (Wildman–Crippen LogP) is 4.94. The fourth-order valence-electron chi connectivity index (χ4n) is 3.08. The van der Waals surface area contributed by atoms with Crippen molar-refractivity contribution >= 4 is 44.8 Å². The van der Waals surface area contributed by atoms with Crippen LogP contribution in [0.4, 0.5) is 5.69 Å². The number of amides is 1. The van der Waals surface area contributed by atoms with Crippen molar-refractivity contribution in [2.45, 2.75) is 43.9 Å². The SMILES string of the molecule is CC1(C(=O)Nc2ccc(O)c(Cl)c2Cl)CCCCC1.NS(=O)(=O)c1ccccc1. The van der Waals surface area contributed by atoms with Crippen LogP contribution in [0.3, 0.4) is 0 Å². The Hall–Kier alpha value is -1.80. The van der Waals surface area contributed by atoms with Crippen LogP contribution in [0.5, 0.6) is 5.75 Å². The first kappa shape index (κ1) is 23.5. The van der Waals surface area contributed by atoms with E-state index in [1.807, 2.05) is 6.92 Å². The lowest BCUT2D eigenvalue weighted by Gasteiger charge is -2.32. The number of carbonyl (C=O) groups is 1. The van der Waals surface area contributed by atoms with Crippen LogP contribution in [-0.4, -0.2) is 19.4 Å². The van der Waals surface area contributed by atoms with Gasteiger partial charge in [0, 0.05) is 5.41 Å². The molecule has 0 spiro atoms. The Balaban J connectivity index is 0.000000253. The first-order chi connectivity index (χ1) is 13.5. The number of rotatable bonds is 3. The minimum Gasteiger partial charge on any atom is -0.506 e. The summed E-state index contributed by atoms with van der Waals surface area (Å²) in [5.41, 5.74) is 0.104. The van der Waals surface area contributed by atoms with Crippen molar-refractivity contribution in [1.29, 1.82) is 0 Å². The number of carbonyl (C=O) groups excluding carboxylic acids is 1. The molecule has 2 aromatic carbocycles. The molecule has 6 nitrogen and oxygen atoms in total. The van der Waals surface area contributed by atoms with Gasteiger partial charge in [0.1, 0.15) is 10.8 Å². The second-order valence-corrected chi connectivity index (χ2v) is 9.51. The summed E-state index contributed by atoms with van der Waals surface area (Å²) in [6.45, 7) is 1.98. The smallest absolute Gasteiger partial charge is 0.238 e. The van der Waals surface area contributed by atoms with Crippen LogP contribution in [0, 0.1) is 5.41 Å². The maximum Gasteiger partial charge on any atom is 0.238 e. The van der Waals surface area contributed by atoms with Crippen molar-refractivity contribution in [3.05, 3.63) is 52.5 Å². The van der Waals surface area contributed by atoms with Gasteiger partial charge in [-0.2, -0.15) is 0 Å². The molecule has 1 saturated carbocycles. The molecule has 0 heterocycles. The lowest BCUT2D eigenvalue weighted by molar-refractivity contribution is -0.126. The van der Waals surface area contributed by atoms with Crippen molar-refractivity contribution in [3.8, 4) is 5.75 Å². The van der Waals surface area contributed by atoms with E-state index in [2.05, 4.69) is 5.32 Å². The van der Waals surface area contributed by atoms with Crippen LogP contribution in [0.1, 0.15) is 39.0 Å². The van der Waals surface area contributed by atoms with E-state index in [0.29, 0.717) is 5.69 Å². The molecule has 3 rings (SSSR count). The first-order valence-corrected chi connectivity index (χ1v) is 11.4. The van der Waals surface area contributed by atoms with Gasteiger partial charge >= 0.3 is 0 Å². The third-order valence-corrected chi connectivity index (χ3v) is 6.69. The summed E-state index contributed by atoms with van der Waals surface area (Å²) in [6, 6.07) is 10.9. The lowest BCUT2D eigenvalue weighted by atomic mass is 9.75. The average molecular weight is 459 g/mol. The van der Waals surface area contributed by atoms with Gasteiger partial charge in [-0.15, -0.1) is 0 Å². The molecule has 29 heavy (non-hydrogen) atoms. The summed E-state index contributed by atoms with van der Waals surface area (Å²) < 4.78 is 21.2. The summed E-state index contributed by atoms with van der Waals surface area (Å²) in [5, 5.41) is 17.3. The Morgan fingerprint density at radius 1 is 1.03 bits per heavy atom. The zero-order valence-corrected chi connectivity index (χ0v) is 18.3. The third kappa shape index (κ3) is 6.34. The van der Waals surface area contributed by atoms with E-state index in [-0.39, 0.29) is 32.0 Å². The number of hydrogen-bond acceptors (Lipinski definition) is 4. The van der Waals surface area contributed by atoms with E-state index in [1.165, 1.54) is 24.6 Å². The zero-order chi connectivity index (χ0) is 21.7. The molecule has 1 fully saturated rings. The van der Waals surface area contributed by atoms with Gasteiger partial charge in [-0.05, 0) is 37.1 Å². The Morgan fingerprint density at radius 3 is 2.14 bits per heavy atom. The summed E-state index contributed by atoms with van der Waals surface area (Å²) in [7, 11) is -3.50. The monoisotopic (exact) mass is 458 g/mol. The molecule has 0 bridgehead atoms. The van der Waals surface area contributed by atoms with E-state index < -0.39 is 10.0 Å². The largest absolute Gasteiger partial charge is 0.506 e. The van der Waals surface area contributed by atoms with E-state index in [9.17, 15) is 18.3 Å². The van der Waals surface area contributed by atoms with Crippen molar-refractivity contribution in [2.75, 3.05) is 5.32 Å². The molecule has 0 aliphatic heterocycles. The number of phenols is 1. The highest BCUT2D eigenvalue weighted by molar-refractivity contribution is 7.89. The maximum absolute atomic E-state index is 12.4. The average Bonchev–Trinajstić information content (AvgIpc) is 2.69. The summed E-state index contributed by atoms with van der Waals surface area (Å²) in [5.74, 6) is -0.121. The van der Waals surface area contributed by atoms with E-state index in [4.69, 9.17) is 28.3 Å². The molecule has 1 aliphatic rings. The first-order valence-electron chi connectivity index (χ1n) is 9.11. The topological polar surface area (TPSA) is 109 Å². The van der Waals surface area contributed by atoms with E-state index >= 15 is 0 Å². The fraction of sp³-hybridized carbons (Fsp3) is 0.350. The Morgan fingerprint density at radius 2 is 1.62 bits per heavy atom. The van der Waals surface area contributed by atoms with Crippen LogP contribution < -0.4 is 10.5 Å². The van der Waals surface area contributed by atoms with Gasteiger partial charge in [-0.25, -0.2) is 13.6 Å². The summed E-state index contributed by atoms with van der Waals surface area (Å²) in [4.78, 5) is 12.5. The molecule has 4 N–H and O–H groups in total. The van der Waals surface area contributed by atoms with Crippen LogP contribution in [0.25, 0.3) is 0 Å². The molecular formula is C20H24Cl2N2O4S. The Kier molecular flexibility index (Phi) is 7.94. The number of nitrogens with two attached hydrogens (primary N) is 1. The number of benzene rings is 2. The quantitative estimate of drug-likeness (QED) is 0.565. The maximum atomic E-state index is 12.4. The zero-order valence-electron chi connectivity index (χ0n) is 16.0. The minimum absolute atomic E-state index is 0.0316. The van der Waals surface area contributed by atoms with Crippen LogP contribution in [-0.2, 0) is 14.8 Å². The minimum atomic E-state index is -3.50. The molecule has 0 atom stereocenters. The molecular weight excluding hydrogens is 435 g/mol. The van der Waals surface area contributed by atoms with Crippen LogP contribution in [0.15, 0.2) is 47.4 Å². The third-order valence-electron chi connectivity index (χ3n) is 4.89. The molecule has 9 heteroatoms. The molecule has 2 aromatic rings. The number of nitrogens with one attached hydrogen (secondary N) is 1. The second kappa shape index (κ2) is 9.80. The highest BCUT2D eigenvalue weighted by atomic mass is 35.5. The number of primary sulfonamides is 1. The van der Waals surface area contributed by atoms with E-state index in [1.54, 1.807) is 24.3 Å². The van der Waals surface area contributed by atoms with Crippen molar-refractivity contribution in [3.63, 3.8) is 0 Å². The number of sulfonamides is 1. The van der Waals surface area contributed by atoms with Crippen molar-refractivity contribution in [1.82, 2.24) is 0 Å². The normalized spacial score (nSPS) is 15.7. The molecule has 1 amide bonds. The molecule has 1 aliphatic carbocycles. The number of halogens is 2. The number of aromatic hydroxyl groups is 1. The van der Waals surface area contributed by atoms with Gasteiger partial charge in [0.05, 0.1) is 15.6 Å². The van der Waals surface area contributed by atoms with Crippen LogP contribution >= 0.6 is 23.2 Å². The van der Waals surface area contributed by atoms with Gasteiger partial charge in [0.15, 0.2) is 0 Å². The summed E-state index contributed by atoms with van der Waals surface area (Å²) in [6.07, 6.45) is 5.13. The Bertz CT molecular complexity index is 960. The molecule has 0 unspecified atom stereocenters. The number of phenolic OH excluding ortho intramolecular Hbond substituents is 1. The highest BCUT2D eigenvalue weighted by Crippen LogP contribution is 2.40. The standard InChI is InChI=1S/C14H17Cl2NO2.C6H7NO2S/c1-14(7-3-2-4-8-14)13(19)17-9-5-6-10(18)12(16)11(9)15;7-10(8,9)6-4-2-1-3-5-6/h5-6,18H,2-4,7-8H2,1H3,(H,17,19);1-5H,(H2,7,8,9). The molecule has 0 aromatic heterocycles. The Labute approximate surface area is 181 Å². The lowest BCUT2D eigenvalue weighted by Crippen LogP contribution is -2.35. The predicted molar refractivity (Wildman–Crippen MR) is 116 cm³/mol. The molecule has 0 radical (unpaired) electrons. The second-order valence-electron chi connectivity index (χ2n) is 7.19. The van der Waals surface area contributed by atoms with Crippen LogP contribution in [0.2, 0.25) is 10.0 Å². The summed E-state index contributed by atoms with van der Waals surface area (Å²) >= 11 is 11.9. The van der Waals surface area contributed by atoms with Gasteiger partial charge in [0.2, 0.25) is 15.9 Å². The van der Waals surface area contributed by atoms with Gasteiger partial charge in [0.25, 0.3) is 0 Å². The van der Waals surface area contributed by atoms with Gasteiger partial charge in [-0.3, -0.25) is 4.79 Å².